The van der Waals surface area contributed by atoms with E-state index < -0.39 is 12.1 Å². The lowest BCUT2D eigenvalue weighted by molar-refractivity contribution is -0.120. The fraction of sp³-hybridized carbons (Fsp3) is 0.161. The molecule has 1 fully saturated rings. The number of hydrogen-bond donors (Lipinski definition) is 1. The molecule has 4 aromatic rings. The number of ether oxygens (including phenoxy) is 1. The molecule has 0 saturated carbocycles. The molecule has 1 saturated heterocycles. The van der Waals surface area contributed by atoms with Gasteiger partial charge < -0.3 is 10.1 Å². The quantitative estimate of drug-likeness (QED) is 0.334. The second-order valence-electron chi connectivity index (χ2n) is 8.90. The number of carbonyl (C=O) groups is 2. The smallest absolute Gasteiger partial charge is 0.410 e. The molecule has 0 spiro atoms. The van der Waals surface area contributed by atoms with E-state index in [4.69, 9.17) is 4.74 Å². The number of anilines is 1. The number of rotatable bonds is 6. The van der Waals surface area contributed by atoms with Gasteiger partial charge in [-0.1, -0.05) is 97.1 Å². The maximum absolute atomic E-state index is 13.0. The van der Waals surface area contributed by atoms with E-state index in [2.05, 4.69) is 41.7 Å². The molecule has 0 bridgehead atoms. The van der Waals surface area contributed by atoms with Gasteiger partial charge in [-0.25, -0.2) is 4.79 Å². The average molecular weight is 477 g/mol. The Morgan fingerprint density at radius 1 is 0.722 bits per heavy atom. The SMILES string of the molecule is O=C(Nc1ccc(-c2ccc(-c3ccccc3)cc2)cc1)C1CCCN1C(=O)OCc1ccccc1. The molecular formula is C31H28N2O3. The minimum atomic E-state index is -0.529. The van der Waals surface area contributed by atoms with Gasteiger partial charge in [-0.05, 0) is 52.8 Å². The lowest BCUT2D eigenvalue weighted by Gasteiger charge is -2.23. The molecule has 1 atom stereocenters. The Morgan fingerprint density at radius 2 is 1.25 bits per heavy atom. The Bertz CT molecular complexity index is 1300. The van der Waals surface area contributed by atoms with Crippen molar-refractivity contribution in [2.24, 2.45) is 0 Å². The number of nitrogens with one attached hydrogen (secondary N) is 1. The molecule has 1 N–H and O–H groups in total. The van der Waals surface area contributed by atoms with E-state index in [0.717, 1.165) is 23.1 Å². The van der Waals surface area contributed by atoms with E-state index in [0.29, 0.717) is 18.7 Å². The number of benzene rings is 4. The molecule has 5 nitrogen and oxygen atoms in total. The Morgan fingerprint density at radius 3 is 1.86 bits per heavy atom. The summed E-state index contributed by atoms with van der Waals surface area (Å²) in [6, 6.07) is 35.5. The highest BCUT2D eigenvalue weighted by molar-refractivity contribution is 5.97. The van der Waals surface area contributed by atoms with Crippen LogP contribution in [0.15, 0.2) is 109 Å². The molecule has 180 valence electrons. The van der Waals surface area contributed by atoms with E-state index in [1.807, 2.05) is 72.8 Å². The van der Waals surface area contributed by atoms with Crippen molar-refractivity contribution in [2.45, 2.75) is 25.5 Å². The number of nitrogens with zero attached hydrogens (tertiary/aromatic N) is 1. The van der Waals surface area contributed by atoms with Crippen molar-refractivity contribution in [1.29, 1.82) is 0 Å². The predicted octanol–water partition coefficient (Wildman–Crippen LogP) is 6.76. The Kier molecular flexibility index (Phi) is 7.08. The highest BCUT2D eigenvalue weighted by Crippen LogP contribution is 2.26. The Labute approximate surface area is 211 Å². The fourth-order valence-corrected chi connectivity index (χ4v) is 4.52. The van der Waals surface area contributed by atoms with E-state index in [-0.39, 0.29) is 12.5 Å². The molecule has 0 radical (unpaired) electrons. The van der Waals surface area contributed by atoms with Crippen LogP contribution in [-0.4, -0.2) is 29.5 Å². The first-order valence-electron chi connectivity index (χ1n) is 12.2. The highest BCUT2D eigenvalue weighted by atomic mass is 16.6. The van der Waals surface area contributed by atoms with Gasteiger partial charge in [0.05, 0.1) is 0 Å². The lowest BCUT2D eigenvalue weighted by Crippen LogP contribution is -2.43. The molecule has 1 aliphatic heterocycles. The minimum Gasteiger partial charge on any atom is -0.445 e. The zero-order valence-electron chi connectivity index (χ0n) is 20.0. The van der Waals surface area contributed by atoms with Gasteiger partial charge in [0.1, 0.15) is 12.6 Å². The lowest BCUT2D eigenvalue weighted by atomic mass is 10.0. The number of likely N-dealkylation sites (tertiary alicyclic amines) is 1. The van der Waals surface area contributed by atoms with Crippen LogP contribution >= 0.6 is 0 Å². The predicted molar refractivity (Wildman–Crippen MR) is 142 cm³/mol. The summed E-state index contributed by atoms with van der Waals surface area (Å²) in [5, 5.41) is 2.96. The molecule has 1 unspecified atom stereocenters. The van der Waals surface area contributed by atoms with Gasteiger partial charge in [0, 0.05) is 12.2 Å². The minimum absolute atomic E-state index is 0.191. The van der Waals surface area contributed by atoms with Crippen LogP contribution in [0.2, 0.25) is 0 Å². The summed E-state index contributed by atoms with van der Waals surface area (Å²) in [4.78, 5) is 27.1. The summed E-state index contributed by atoms with van der Waals surface area (Å²) in [7, 11) is 0. The summed E-state index contributed by atoms with van der Waals surface area (Å²) < 4.78 is 5.45. The molecule has 2 amide bonds. The van der Waals surface area contributed by atoms with E-state index in [9.17, 15) is 9.59 Å². The van der Waals surface area contributed by atoms with Gasteiger partial charge in [0.15, 0.2) is 0 Å². The van der Waals surface area contributed by atoms with Gasteiger partial charge in [-0.2, -0.15) is 0 Å². The van der Waals surface area contributed by atoms with Gasteiger partial charge in [-0.15, -0.1) is 0 Å². The monoisotopic (exact) mass is 476 g/mol. The Hall–Kier alpha value is -4.38. The number of hydrogen-bond acceptors (Lipinski definition) is 3. The molecular weight excluding hydrogens is 448 g/mol. The average Bonchev–Trinajstić information content (AvgIpc) is 3.44. The zero-order valence-corrected chi connectivity index (χ0v) is 20.0. The van der Waals surface area contributed by atoms with Crippen LogP contribution in [0.4, 0.5) is 10.5 Å². The van der Waals surface area contributed by atoms with Crippen molar-refractivity contribution in [2.75, 3.05) is 11.9 Å². The highest BCUT2D eigenvalue weighted by Gasteiger charge is 2.35. The van der Waals surface area contributed by atoms with Crippen LogP contribution in [0.1, 0.15) is 18.4 Å². The van der Waals surface area contributed by atoms with Gasteiger partial charge in [0.2, 0.25) is 5.91 Å². The number of carbonyl (C=O) groups excluding carboxylic acids is 2. The molecule has 1 aliphatic rings. The van der Waals surface area contributed by atoms with E-state index in [1.165, 1.54) is 16.0 Å². The van der Waals surface area contributed by atoms with Crippen molar-refractivity contribution >= 4 is 17.7 Å². The van der Waals surface area contributed by atoms with Gasteiger partial charge in [0.25, 0.3) is 0 Å². The van der Waals surface area contributed by atoms with Gasteiger partial charge in [-0.3, -0.25) is 9.69 Å². The molecule has 5 rings (SSSR count). The zero-order chi connectivity index (χ0) is 24.7. The van der Waals surface area contributed by atoms with Crippen LogP contribution in [0.25, 0.3) is 22.3 Å². The van der Waals surface area contributed by atoms with Crippen LogP contribution in [-0.2, 0) is 16.1 Å². The summed E-state index contributed by atoms with van der Waals surface area (Å²) in [6.45, 7) is 0.710. The first-order chi connectivity index (χ1) is 17.7. The molecule has 36 heavy (non-hydrogen) atoms. The summed E-state index contributed by atoms with van der Waals surface area (Å²) in [6.07, 6.45) is 0.944. The standard InChI is InChI=1S/C31H28N2O3/c34-30(29-12-7-21-33(29)31(35)36-22-23-8-3-1-4-9-23)32-28-19-17-27(18-20-28)26-15-13-25(14-16-26)24-10-5-2-6-11-24/h1-6,8-11,13-20,29H,7,12,21-22H2,(H,32,34). The third kappa shape index (κ3) is 5.47. The van der Waals surface area contributed by atoms with Crippen LogP contribution in [0, 0.1) is 0 Å². The maximum atomic E-state index is 13.0. The second kappa shape index (κ2) is 10.9. The summed E-state index contributed by atoms with van der Waals surface area (Å²) >= 11 is 0. The summed E-state index contributed by atoms with van der Waals surface area (Å²) in [5.74, 6) is -0.191. The third-order valence-electron chi connectivity index (χ3n) is 6.47. The molecule has 1 heterocycles. The van der Waals surface area contributed by atoms with Crippen molar-refractivity contribution in [3.05, 3.63) is 115 Å². The molecule has 0 aromatic heterocycles. The number of amides is 2. The van der Waals surface area contributed by atoms with Crippen LogP contribution in [0.3, 0.4) is 0 Å². The van der Waals surface area contributed by atoms with Crippen LogP contribution < -0.4 is 5.32 Å². The molecule has 5 heteroatoms. The Balaban J connectivity index is 1.19. The van der Waals surface area contributed by atoms with Crippen molar-refractivity contribution in [1.82, 2.24) is 4.90 Å². The maximum Gasteiger partial charge on any atom is 0.410 e. The summed E-state index contributed by atoms with van der Waals surface area (Å²) in [5.41, 5.74) is 6.16. The van der Waals surface area contributed by atoms with Crippen LogP contribution in [0.5, 0.6) is 0 Å². The van der Waals surface area contributed by atoms with E-state index in [1.54, 1.807) is 0 Å². The topological polar surface area (TPSA) is 58.6 Å². The fourth-order valence-electron chi connectivity index (χ4n) is 4.52. The largest absolute Gasteiger partial charge is 0.445 e. The first-order valence-corrected chi connectivity index (χ1v) is 12.2. The van der Waals surface area contributed by atoms with Crippen molar-refractivity contribution in [3.63, 3.8) is 0 Å². The van der Waals surface area contributed by atoms with E-state index >= 15 is 0 Å². The van der Waals surface area contributed by atoms with Crippen molar-refractivity contribution < 1.29 is 14.3 Å². The molecule has 4 aromatic carbocycles. The molecule has 0 aliphatic carbocycles. The van der Waals surface area contributed by atoms with Gasteiger partial charge >= 0.3 is 6.09 Å². The second-order valence-corrected chi connectivity index (χ2v) is 8.90. The van der Waals surface area contributed by atoms with Crippen molar-refractivity contribution in [3.8, 4) is 22.3 Å². The normalized spacial score (nSPS) is 14.9. The first kappa shape index (κ1) is 23.4. The third-order valence-corrected chi connectivity index (χ3v) is 6.47.